The van der Waals surface area contributed by atoms with Gasteiger partial charge in [-0.15, -0.1) is 24.8 Å². The first-order valence-corrected chi connectivity index (χ1v) is 7.74. The number of halogens is 3. The topological polar surface area (TPSA) is 60.2 Å². The molecule has 0 aliphatic heterocycles. The normalized spacial score (nSPS) is 10.0. The highest BCUT2D eigenvalue weighted by atomic mass is 35.5. The number of ether oxygens (including phenoxy) is 1. The van der Waals surface area contributed by atoms with Gasteiger partial charge in [-0.3, -0.25) is 0 Å². The van der Waals surface area contributed by atoms with Gasteiger partial charge >= 0.3 is 0 Å². The number of nitrogens with zero attached hydrogens (tertiary/aromatic N) is 1. The van der Waals surface area contributed by atoms with Crippen LogP contribution in [0, 0.1) is 0 Å². The van der Waals surface area contributed by atoms with Gasteiger partial charge in [0.25, 0.3) is 0 Å². The smallest absolute Gasteiger partial charge is 0.124 e. The highest BCUT2D eigenvalue weighted by Crippen LogP contribution is 2.23. The standard InChI is InChI=1S/C18H18ClN3O.2ClH/c1-21-10-14-9-15(5-6-16(14)19)23-11-12-2-3-13-4-7-18(20)22-17(13)8-12;;/h2-9,21H,10-11H2,1H3,(H2,20,22);2*1H. The van der Waals surface area contributed by atoms with E-state index in [0.717, 1.165) is 32.8 Å². The lowest BCUT2D eigenvalue weighted by Gasteiger charge is -2.10. The fraction of sp³-hybridized carbons (Fsp3) is 0.167. The minimum absolute atomic E-state index is 0. The SMILES string of the molecule is CNCc1cc(OCc2ccc3ccc(N)nc3c2)ccc1Cl.Cl.Cl. The second-order valence-electron chi connectivity index (χ2n) is 5.34. The van der Waals surface area contributed by atoms with Crippen LogP contribution < -0.4 is 15.8 Å². The van der Waals surface area contributed by atoms with Crippen LogP contribution in [-0.2, 0) is 13.2 Å². The number of nitrogens with one attached hydrogen (secondary N) is 1. The fourth-order valence-electron chi connectivity index (χ4n) is 2.40. The Balaban J connectivity index is 0.00000156. The lowest BCUT2D eigenvalue weighted by Crippen LogP contribution is -2.06. The number of fused-ring (bicyclic) bond motifs is 1. The van der Waals surface area contributed by atoms with Gasteiger partial charge in [0.05, 0.1) is 5.52 Å². The van der Waals surface area contributed by atoms with Crippen molar-refractivity contribution >= 4 is 53.1 Å². The number of aromatic nitrogens is 1. The molecule has 7 heteroatoms. The van der Waals surface area contributed by atoms with Crippen molar-refractivity contribution in [2.75, 3.05) is 12.8 Å². The zero-order valence-corrected chi connectivity index (χ0v) is 16.0. The summed E-state index contributed by atoms with van der Waals surface area (Å²) >= 11 is 6.16. The predicted molar refractivity (Wildman–Crippen MR) is 109 cm³/mol. The van der Waals surface area contributed by atoms with E-state index in [1.165, 1.54) is 0 Å². The molecule has 0 saturated heterocycles. The largest absolute Gasteiger partial charge is 0.489 e. The molecule has 0 saturated carbocycles. The van der Waals surface area contributed by atoms with Gasteiger partial charge in [0.15, 0.2) is 0 Å². The molecule has 0 aliphatic rings. The van der Waals surface area contributed by atoms with Gasteiger partial charge in [0.2, 0.25) is 0 Å². The third kappa shape index (κ3) is 5.38. The van der Waals surface area contributed by atoms with E-state index in [9.17, 15) is 0 Å². The Bertz CT molecular complexity index is 843. The van der Waals surface area contributed by atoms with E-state index in [1.807, 2.05) is 49.5 Å². The van der Waals surface area contributed by atoms with Crippen LogP contribution >= 0.6 is 36.4 Å². The van der Waals surface area contributed by atoms with Gasteiger partial charge in [-0.05, 0) is 54.6 Å². The van der Waals surface area contributed by atoms with E-state index >= 15 is 0 Å². The highest BCUT2D eigenvalue weighted by molar-refractivity contribution is 6.31. The molecular weight excluding hydrogens is 381 g/mol. The van der Waals surface area contributed by atoms with Crippen LogP contribution in [0.2, 0.25) is 5.02 Å². The second-order valence-corrected chi connectivity index (χ2v) is 5.74. The van der Waals surface area contributed by atoms with Crippen LogP contribution in [0.15, 0.2) is 48.5 Å². The zero-order chi connectivity index (χ0) is 16.2. The Hall–Kier alpha value is -1.72. The summed E-state index contributed by atoms with van der Waals surface area (Å²) in [5.74, 6) is 1.31. The molecule has 3 N–H and O–H groups in total. The molecule has 0 spiro atoms. The maximum absolute atomic E-state index is 6.16. The molecule has 0 atom stereocenters. The van der Waals surface area contributed by atoms with Crippen LogP contribution in [0.25, 0.3) is 10.9 Å². The van der Waals surface area contributed by atoms with E-state index in [0.29, 0.717) is 19.0 Å². The number of rotatable bonds is 5. The number of pyridine rings is 1. The van der Waals surface area contributed by atoms with Crippen molar-refractivity contribution in [2.24, 2.45) is 0 Å². The van der Waals surface area contributed by atoms with E-state index in [-0.39, 0.29) is 24.8 Å². The number of hydrogen-bond acceptors (Lipinski definition) is 4. The summed E-state index contributed by atoms with van der Waals surface area (Å²) in [6, 6.07) is 15.5. The van der Waals surface area contributed by atoms with Gasteiger partial charge in [-0.25, -0.2) is 4.98 Å². The van der Waals surface area contributed by atoms with Gasteiger partial charge in [0, 0.05) is 17.0 Å². The third-order valence-electron chi connectivity index (χ3n) is 3.57. The molecule has 4 nitrogen and oxygen atoms in total. The summed E-state index contributed by atoms with van der Waals surface area (Å²) in [5, 5.41) is 4.89. The highest BCUT2D eigenvalue weighted by Gasteiger charge is 2.04. The Labute approximate surface area is 164 Å². The summed E-state index contributed by atoms with van der Waals surface area (Å²) in [6.07, 6.45) is 0. The number of nitrogens with two attached hydrogens (primary N) is 1. The quantitative estimate of drug-likeness (QED) is 0.656. The molecule has 3 aromatic rings. The maximum Gasteiger partial charge on any atom is 0.124 e. The second kappa shape index (κ2) is 9.68. The minimum atomic E-state index is 0. The van der Waals surface area contributed by atoms with Crippen molar-refractivity contribution in [1.82, 2.24) is 10.3 Å². The molecular formula is C18H20Cl3N3O. The van der Waals surface area contributed by atoms with E-state index in [4.69, 9.17) is 22.1 Å². The molecule has 1 aromatic heterocycles. The summed E-state index contributed by atoms with van der Waals surface area (Å²) in [5.41, 5.74) is 8.67. The van der Waals surface area contributed by atoms with Gasteiger partial charge in [-0.2, -0.15) is 0 Å². The van der Waals surface area contributed by atoms with Crippen molar-refractivity contribution in [1.29, 1.82) is 0 Å². The molecule has 0 fully saturated rings. The molecule has 0 amide bonds. The predicted octanol–water partition coefficient (Wildman–Crippen LogP) is 4.61. The van der Waals surface area contributed by atoms with Crippen LogP contribution in [0.1, 0.15) is 11.1 Å². The minimum Gasteiger partial charge on any atom is -0.489 e. The van der Waals surface area contributed by atoms with Gasteiger partial charge < -0.3 is 15.8 Å². The average Bonchev–Trinajstić information content (AvgIpc) is 2.55. The summed E-state index contributed by atoms with van der Waals surface area (Å²) in [6.45, 7) is 1.17. The fourth-order valence-corrected chi connectivity index (χ4v) is 2.59. The first-order chi connectivity index (χ1) is 11.2. The molecule has 0 radical (unpaired) electrons. The molecule has 2 aromatic carbocycles. The van der Waals surface area contributed by atoms with E-state index in [2.05, 4.69) is 10.3 Å². The number of benzene rings is 2. The van der Waals surface area contributed by atoms with E-state index in [1.54, 1.807) is 6.07 Å². The third-order valence-corrected chi connectivity index (χ3v) is 3.94. The van der Waals surface area contributed by atoms with Gasteiger partial charge in [-0.1, -0.05) is 23.7 Å². The molecule has 0 bridgehead atoms. The Morgan fingerprint density at radius 2 is 1.84 bits per heavy atom. The Morgan fingerprint density at radius 3 is 2.60 bits per heavy atom. The monoisotopic (exact) mass is 399 g/mol. The lowest BCUT2D eigenvalue weighted by molar-refractivity contribution is 0.306. The van der Waals surface area contributed by atoms with Crippen LogP contribution in [0.4, 0.5) is 5.82 Å². The van der Waals surface area contributed by atoms with Crippen molar-refractivity contribution in [3.05, 3.63) is 64.7 Å². The number of hydrogen-bond donors (Lipinski definition) is 2. The molecule has 25 heavy (non-hydrogen) atoms. The van der Waals surface area contributed by atoms with Crippen molar-refractivity contribution < 1.29 is 4.74 Å². The Kier molecular flexibility index (Phi) is 8.26. The summed E-state index contributed by atoms with van der Waals surface area (Å²) < 4.78 is 5.87. The summed E-state index contributed by atoms with van der Waals surface area (Å²) in [7, 11) is 1.89. The number of anilines is 1. The van der Waals surface area contributed by atoms with E-state index < -0.39 is 0 Å². The average molecular weight is 401 g/mol. The molecule has 0 aliphatic carbocycles. The zero-order valence-electron chi connectivity index (χ0n) is 13.7. The van der Waals surface area contributed by atoms with Gasteiger partial charge in [0.1, 0.15) is 18.2 Å². The molecule has 134 valence electrons. The van der Waals surface area contributed by atoms with Crippen molar-refractivity contribution in [3.8, 4) is 5.75 Å². The first kappa shape index (κ1) is 21.3. The maximum atomic E-state index is 6.16. The number of nitrogen functional groups attached to an aromatic ring is 1. The first-order valence-electron chi connectivity index (χ1n) is 7.37. The Morgan fingerprint density at radius 1 is 1.08 bits per heavy atom. The molecule has 0 unspecified atom stereocenters. The van der Waals surface area contributed by atoms with Crippen LogP contribution in [0.3, 0.4) is 0 Å². The molecule has 1 heterocycles. The van der Waals surface area contributed by atoms with Crippen LogP contribution in [0.5, 0.6) is 5.75 Å². The van der Waals surface area contributed by atoms with Crippen molar-refractivity contribution in [2.45, 2.75) is 13.2 Å². The summed E-state index contributed by atoms with van der Waals surface area (Å²) in [4.78, 5) is 4.34. The lowest BCUT2D eigenvalue weighted by atomic mass is 10.1. The van der Waals surface area contributed by atoms with Crippen LogP contribution in [-0.4, -0.2) is 12.0 Å². The molecule has 3 rings (SSSR count). The van der Waals surface area contributed by atoms with Crippen molar-refractivity contribution in [3.63, 3.8) is 0 Å².